The van der Waals surface area contributed by atoms with Gasteiger partial charge in [0, 0.05) is 12.7 Å². The summed E-state index contributed by atoms with van der Waals surface area (Å²) in [7, 11) is 0. The summed E-state index contributed by atoms with van der Waals surface area (Å²) >= 11 is 1.27. The number of aromatic nitrogens is 3. The van der Waals surface area contributed by atoms with E-state index in [1.165, 1.54) is 11.8 Å². The highest BCUT2D eigenvalue weighted by Crippen LogP contribution is 2.23. The van der Waals surface area contributed by atoms with E-state index in [9.17, 15) is 9.59 Å². The summed E-state index contributed by atoms with van der Waals surface area (Å²) in [6, 6.07) is 11.0. The maximum absolute atomic E-state index is 12.7. The first kappa shape index (κ1) is 18.1. The number of pyridine rings is 1. The number of hydrogen-bond donors (Lipinski definition) is 1. The van der Waals surface area contributed by atoms with Crippen LogP contribution in [0.5, 0.6) is 0 Å². The molecule has 7 heteroatoms. The van der Waals surface area contributed by atoms with Crippen molar-refractivity contribution in [3.8, 4) is 0 Å². The molecule has 2 aromatic heterocycles. The number of amides is 1. The molecule has 0 radical (unpaired) electrons. The Morgan fingerprint density at radius 2 is 2.04 bits per heavy atom. The molecule has 1 atom stereocenters. The van der Waals surface area contributed by atoms with Crippen molar-refractivity contribution in [2.24, 2.45) is 0 Å². The summed E-state index contributed by atoms with van der Waals surface area (Å²) in [6.45, 7) is 6.07. The number of carbonyl (C=O) groups is 1. The van der Waals surface area contributed by atoms with Crippen LogP contribution in [0.25, 0.3) is 10.9 Å². The molecule has 1 unspecified atom stereocenters. The topological polar surface area (TPSA) is 76.9 Å². The van der Waals surface area contributed by atoms with Gasteiger partial charge in [-0.1, -0.05) is 30.0 Å². The molecule has 0 saturated carbocycles. The average Bonchev–Trinajstić information content (AvgIpc) is 2.64. The number of hydrogen-bond acceptors (Lipinski definition) is 5. The van der Waals surface area contributed by atoms with Crippen LogP contribution in [0.3, 0.4) is 0 Å². The fraction of sp³-hybridized carbons (Fsp3) is 0.263. The Morgan fingerprint density at radius 3 is 2.77 bits per heavy atom. The van der Waals surface area contributed by atoms with Crippen molar-refractivity contribution in [2.75, 3.05) is 5.32 Å². The van der Waals surface area contributed by atoms with Gasteiger partial charge < -0.3 is 5.32 Å². The zero-order chi connectivity index (χ0) is 18.7. The maximum Gasteiger partial charge on any atom is 0.262 e. The van der Waals surface area contributed by atoms with Crippen molar-refractivity contribution in [2.45, 2.75) is 37.7 Å². The predicted molar refractivity (Wildman–Crippen MR) is 105 cm³/mol. The second-order valence-corrected chi connectivity index (χ2v) is 7.19. The Kier molecular flexibility index (Phi) is 5.37. The SMILES string of the molecule is CCn1c(SC(C)C(=O)Nc2ncccc2C)nc2ccccc2c1=O. The third-order valence-corrected chi connectivity index (χ3v) is 5.14. The fourth-order valence-electron chi connectivity index (χ4n) is 2.56. The van der Waals surface area contributed by atoms with E-state index >= 15 is 0 Å². The van der Waals surface area contributed by atoms with E-state index in [4.69, 9.17) is 0 Å². The molecule has 26 heavy (non-hydrogen) atoms. The zero-order valence-electron chi connectivity index (χ0n) is 14.9. The van der Waals surface area contributed by atoms with Crippen molar-refractivity contribution < 1.29 is 4.79 Å². The van der Waals surface area contributed by atoms with E-state index in [0.29, 0.717) is 28.4 Å². The lowest BCUT2D eigenvalue weighted by Crippen LogP contribution is -2.27. The molecule has 0 spiro atoms. The lowest BCUT2D eigenvalue weighted by Gasteiger charge is -2.15. The molecule has 0 fully saturated rings. The van der Waals surface area contributed by atoms with Crippen LogP contribution in [0.1, 0.15) is 19.4 Å². The fourth-order valence-corrected chi connectivity index (χ4v) is 3.54. The quantitative estimate of drug-likeness (QED) is 0.553. The van der Waals surface area contributed by atoms with Crippen LogP contribution in [-0.2, 0) is 11.3 Å². The Labute approximate surface area is 155 Å². The Hall–Kier alpha value is -2.67. The van der Waals surface area contributed by atoms with E-state index in [1.54, 1.807) is 23.8 Å². The summed E-state index contributed by atoms with van der Waals surface area (Å²) in [4.78, 5) is 34.0. The molecule has 134 valence electrons. The molecule has 1 N–H and O–H groups in total. The molecule has 3 rings (SSSR count). The Morgan fingerprint density at radius 1 is 1.27 bits per heavy atom. The smallest absolute Gasteiger partial charge is 0.262 e. The first-order valence-electron chi connectivity index (χ1n) is 8.40. The molecule has 2 heterocycles. The summed E-state index contributed by atoms with van der Waals surface area (Å²) in [5, 5.41) is 3.53. The number of thioether (sulfide) groups is 1. The predicted octanol–water partition coefficient (Wildman–Crippen LogP) is 3.24. The number of nitrogens with zero attached hydrogens (tertiary/aromatic N) is 3. The van der Waals surface area contributed by atoms with E-state index in [-0.39, 0.29) is 11.5 Å². The van der Waals surface area contributed by atoms with Crippen LogP contribution in [-0.4, -0.2) is 25.7 Å². The van der Waals surface area contributed by atoms with Gasteiger partial charge in [0.25, 0.3) is 5.56 Å². The minimum absolute atomic E-state index is 0.0891. The molecular weight excluding hydrogens is 348 g/mol. The molecule has 3 aromatic rings. The van der Waals surface area contributed by atoms with Crippen molar-refractivity contribution in [3.05, 3.63) is 58.5 Å². The number of aryl methyl sites for hydroxylation is 1. The summed E-state index contributed by atoms with van der Waals surface area (Å²) < 4.78 is 1.60. The molecular formula is C19H20N4O2S. The molecule has 1 amide bonds. The number of anilines is 1. The van der Waals surface area contributed by atoms with Gasteiger partial charge >= 0.3 is 0 Å². The van der Waals surface area contributed by atoms with Gasteiger partial charge in [0.1, 0.15) is 5.82 Å². The first-order chi connectivity index (χ1) is 12.5. The highest BCUT2D eigenvalue weighted by Gasteiger charge is 2.19. The van der Waals surface area contributed by atoms with Crippen LogP contribution in [0.2, 0.25) is 0 Å². The zero-order valence-corrected chi connectivity index (χ0v) is 15.7. The van der Waals surface area contributed by atoms with Crippen molar-refractivity contribution in [1.82, 2.24) is 14.5 Å². The highest BCUT2D eigenvalue weighted by atomic mass is 32.2. The molecule has 0 aliphatic rings. The van der Waals surface area contributed by atoms with Crippen molar-refractivity contribution in [1.29, 1.82) is 0 Å². The van der Waals surface area contributed by atoms with Gasteiger partial charge in [-0.15, -0.1) is 0 Å². The highest BCUT2D eigenvalue weighted by molar-refractivity contribution is 8.00. The molecule has 1 aromatic carbocycles. The molecule has 0 aliphatic carbocycles. The van der Waals surface area contributed by atoms with Gasteiger partial charge in [-0.3, -0.25) is 14.2 Å². The summed E-state index contributed by atoms with van der Waals surface area (Å²) in [5.41, 5.74) is 1.44. The van der Waals surface area contributed by atoms with Gasteiger partial charge in [0.2, 0.25) is 5.91 Å². The van der Waals surface area contributed by atoms with Gasteiger partial charge in [0.15, 0.2) is 5.16 Å². The number of carbonyl (C=O) groups excluding carboxylic acids is 1. The number of nitrogens with one attached hydrogen (secondary N) is 1. The van der Waals surface area contributed by atoms with Gasteiger partial charge in [-0.25, -0.2) is 9.97 Å². The minimum Gasteiger partial charge on any atom is -0.310 e. The lowest BCUT2D eigenvalue weighted by molar-refractivity contribution is -0.115. The minimum atomic E-state index is -0.428. The summed E-state index contributed by atoms with van der Waals surface area (Å²) in [5.74, 6) is 0.367. The second-order valence-electron chi connectivity index (χ2n) is 5.88. The molecule has 0 aliphatic heterocycles. The third kappa shape index (κ3) is 3.62. The van der Waals surface area contributed by atoms with Crippen molar-refractivity contribution >= 4 is 34.4 Å². The van der Waals surface area contributed by atoms with E-state index in [2.05, 4.69) is 15.3 Å². The van der Waals surface area contributed by atoms with Crippen LogP contribution >= 0.6 is 11.8 Å². The second kappa shape index (κ2) is 7.70. The standard InChI is InChI=1S/C19H20N4O2S/c1-4-23-18(25)14-9-5-6-10-15(14)21-19(23)26-13(3)17(24)22-16-12(2)8-7-11-20-16/h5-11,13H,4H2,1-3H3,(H,20,22,24). The number of rotatable bonds is 5. The number of para-hydroxylation sites is 1. The summed E-state index contributed by atoms with van der Waals surface area (Å²) in [6.07, 6.45) is 1.64. The van der Waals surface area contributed by atoms with Crippen LogP contribution < -0.4 is 10.9 Å². The Balaban J connectivity index is 1.87. The first-order valence-corrected chi connectivity index (χ1v) is 9.28. The van der Waals surface area contributed by atoms with Crippen LogP contribution in [0.4, 0.5) is 5.82 Å². The van der Waals surface area contributed by atoms with E-state index < -0.39 is 5.25 Å². The maximum atomic E-state index is 12.7. The van der Waals surface area contributed by atoms with Crippen molar-refractivity contribution in [3.63, 3.8) is 0 Å². The van der Waals surface area contributed by atoms with E-state index in [1.807, 2.05) is 44.2 Å². The molecule has 6 nitrogen and oxygen atoms in total. The largest absolute Gasteiger partial charge is 0.310 e. The van der Waals surface area contributed by atoms with Crippen LogP contribution in [0.15, 0.2) is 52.5 Å². The van der Waals surface area contributed by atoms with Gasteiger partial charge in [-0.05, 0) is 44.5 Å². The lowest BCUT2D eigenvalue weighted by atomic mass is 10.2. The average molecular weight is 368 g/mol. The van der Waals surface area contributed by atoms with Gasteiger partial charge in [0.05, 0.1) is 16.2 Å². The number of fused-ring (bicyclic) bond motifs is 1. The number of benzene rings is 1. The van der Waals surface area contributed by atoms with Crippen LogP contribution in [0, 0.1) is 6.92 Å². The monoisotopic (exact) mass is 368 g/mol. The normalized spacial score (nSPS) is 12.1. The third-order valence-electron chi connectivity index (χ3n) is 4.05. The molecule has 0 bridgehead atoms. The van der Waals surface area contributed by atoms with Gasteiger partial charge in [-0.2, -0.15) is 0 Å². The van der Waals surface area contributed by atoms with E-state index in [0.717, 1.165) is 5.56 Å². The molecule has 0 saturated heterocycles. The Bertz CT molecular complexity index is 1020.